The summed E-state index contributed by atoms with van der Waals surface area (Å²) in [6.45, 7) is 4.78. The van der Waals surface area contributed by atoms with E-state index in [2.05, 4.69) is 6.58 Å². The maximum absolute atomic E-state index is 10.6. The molecule has 0 spiro atoms. The van der Waals surface area contributed by atoms with Crippen molar-refractivity contribution in [2.75, 3.05) is 0 Å². The smallest absolute Gasteiger partial charge is 0.163 e. The highest BCUT2D eigenvalue weighted by Crippen LogP contribution is 2.02. The van der Waals surface area contributed by atoms with Crippen molar-refractivity contribution in [1.82, 2.24) is 0 Å². The molecule has 0 heterocycles. The van der Waals surface area contributed by atoms with E-state index < -0.39 is 17.7 Å². The first kappa shape index (κ1) is 8.88. The number of carbonyl (C=O) groups is 2. The van der Waals surface area contributed by atoms with Gasteiger partial charge in [0.2, 0.25) is 0 Å². The molecule has 1 unspecified atom stereocenters. The molecule has 3 heteroatoms. The molecular weight excluding hydrogens is 132 g/mol. The monoisotopic (exact) mass is 141 g/mol. The van der Waals surface area contributed by atoms with Crippen LogP contribution in [-0.2, 0) is 9.59 Å². The zero-order chi connectivity index (χ0) is 8.15. The molecule has 0 saturated carbocycles. The van der Waals surface area contributed by atoms with Crippen molar-refractivity contribution in [1.29, 1.82) is 0 Å². The van der Waals surface area contributed by atoms with Crippen LogP contribution in [0.1, 0.15) is 13.3 Å². The largest absolute Gasteiger partial charge is 0.549 e. The second kappa shape index (κ2) is 3.82. The van der Waals surface area contributed by atoms with Gasteiger partial charge < -0.3 is 9.90 Å². The maximum Gasteiger partial charge on any atom is 0.163 e. The van der Waals surface area contributed by atoms with Crippen LogP contribution in [0.4, 0.5) is 0 Å². The van der Waals surface area contributed by atoms with E-state index >= 15 is 0 Å². The van der Waals surface area contributed by atoms with Crippen molar-refractivity contribution in [2.24, 2.45) is 5.92 Å². The molecule has 0 aliphatic heterocycles. The van der Waals surface area contributed by atoms with Crippen molar-refractivity contribution >= 4 is 11.8 Å². The minimum atomic E-state index is -1.33. The van der Waals surface area contributed by atoms with Crippen molar-refractivity contribution in [3.63, 3.8) is 0 Å². The van der Waals surface area contributed by atoms with Crippen LogP contribution < -0.4 is 5.11 Å². The van der Waals surface area contributed by atoms with Crippen LogP contribution in [-0.4, -0.2) is 11.8 Å². The quantitative estimate of drug-likeness (QED) is 0.392. The summed E-state index contributed by atoms with van der Waals surface area (Å²) in [6.07, 6.45) is 1.26. The lowest BCUT2D eigenvalue weighted by atomic mass is 10.0. The molecule has 56 valence electrons. The van der Waals surface area contributed by atoms with Crippen molar-refractivity contribution < 1.29 is 14.7 Å². The molecule has 3 nitrogen and oxygen atoms in total. The van der Waals surface area contributed by atoms with Gasteiger partial charge in [0.25, 0.3) is 0 Å². The fourth-order valence-electron chi connectivity index (χ4n) is 0.626. The fourth-order valence-corrected chi connectivity index (χ4v) is 0.626. The average Bonchev–Trinajstić information content (AvgIpc) is 1.88. The van der Waals surface area contributed by atoms with E-state index in [0.717, 1.165) is 6.08 Å². The minimum absolute atomic E-state index is 0.257. The Morgan fingerprint density at radius 3 is 2.30 bits per heavy atom. The van der Waals surface area contributed by atoms with Gasteiger partial charge in [0.05, 0.1) is 11.9 Å². The molecule has 0 amide bonds. The van der Waals surface area contributed by atoms with E-state index in [1.165, 1.54) is 0 Å². The molecule has 0 aromatic heterocycles. The molecule has 0 aromatic carbocycles. The molecule has 0 rings (SSSR count). The number of aliphatic carboxylic acids is 1. The Balaban J connectivity index is 4.20. The molecule has 10 heavy (non-hydrogen) atoms. The minimum Gasteiger partial charge on any atom is -0.549 e. The molecule has 0 bridgehead atoms. The van der Waals surface area contributed by atoms with E-state index in [4.69, 9.17) is 0 Å². The van der Waals surface area contributed by atoms with Gasteiger partial charge in [-0.05, 0) is 12.5 Å². The highest BCUT2D eigenvalue weighted by molar-refractivity contribution is 6.03. The predicted molar refractivity (Wildman–Crippen MR) is 34.0 cm³/mol. The Bertz CT molecular complexity index is 160. The predicted octanol–water partition coefficient (Wildman–Crippen LogP) is -0.482. The summed E-state index contributed by atoms with van der Waals surface area (Å²) >= 11 is 0. The van der Waals surface area contributed by atoms with Crippen LogP contribution >= 0.6 is 0 Å². The van der Waals surface area contributed by atoms with E-state index in [9.17, 15) is 14.7 Å². The summed E-state index contributed by atoms with van der Waals surface area (Å²) in [4.78, 5) is 20.8. The number of carboxylic acids is 1. The SMILES string of the molecule is C=CC(=O)C(CC)C(=O)[O-]. The molecule has 0 aliphatic carbocycles. The van der Waals surface area contributed by atoms with E-state index in [0.29, 0.717) is 0 Å². The topological polar surface area (TPSA) is 57.2 Å². The highest BCUT2D eigenvalue weighted by Gasteiger charge is 2.13. The summed E-state index contributed by atoms with van der Waals surface area (Å²) in [5, 5.41) is 10.2. The molecule has 0 aliphatic rings. The third-order valence-electron chi connectivity index (χ3n) is 1.24. The molecule has 0 aromatic rings. The normalized spacial score (nSPS) is 12.1. The second-order valence-corrected chi connectivity index (χ2v) is 1.89. The Kier molecular flexibility index (Phi) is 3.39. The first-order valence-electron chi connectivity index (χ1n) is 3.00. The summed E-state index contributed by atoms with van der Waals surface area (Å²) in [6, 6.07) is 0. The molecule has 1 atom stereocenters. The van der Waals surface area contributed by atoms with Gasteiger partial charge in [0.1, 0.15) is 0 Å². The molecule has 0 saturated heterocycles. The van der Waals surface area contributed by atoms with Crippen LogP contribution in [0.15, 0.2) is 12.7 Å². The highest BCUT2D eigenvalue weighted by atomic mass is 16.4. The van der Waals surface area contributed by atoms with Gasteiger partial charge in [-0.25, -0.2) is 0 Å². The fraction of sp³-hybridized carbons (Fsp3) is 0.429. The second-order valence-electron chi connectivity index (χ2n) is 1.89. The molecular formula is C7H9O3-. The number of rotatable bonds is 4. The lowest BCUT2D eigenvalue weighted by Gasteiger charge is -2.10. The number of ketones is 1. The van der Waals surface area contributed by atoms with Gasteiger partial charge in [-0.1, -0.05) is 13.5 Å². The lowest BCUT2D eigenvalue weighted by molar-refractivity contribution is -0.309. The van der Waals surface area contributed by atoms with Crippen molar-refractivity contribution in [3.8, 4) is 0 Å². The van der Waals surface area contributed by atoms with Crippen LogP contribution in [0.2, 0.25) is 0 Å². The van der Waals surface area contributed by atoms with E-state index in [1.807, 2.05) is 0 Å². The van der Waals surface area contributed by atoms with Gasteiger partial charge in [-0.15, -0.1) is 0 Å². The zero-order valence-electron chi connectivity index (χ0n) is 5.79. The van der Waals surface area contributed by atoms with Crippen molar-refractivity contribution in [3.05, 3.63) is 12.7 Å². The number of hydrogen-bond acceptors (Lipinski definition) is 3. The summed E-state index contributed by atoms with van der Waals surface area (Å²) in [7, 11) is 0. The number of carboxylic acid groups (broad SMARTS) is 1. The molecule has 0 radical (unpaired) electrons. The van der Waals surface area contributed by atoms with E-state index in [-0.39, 0.29) is 6.42 Å². The Labute approximate surface area is 59.4 Å². The Morgan fingerprint density at radius 1 is 1.70 bits per heavy atom. The van der Waals surface area contributed by atoms with E-state index in [1.54, 1.807) is 6.92 Å². The lowest BCUT2D eigenvalue weighted by Crippen LogP contribution is -2.35. The van der Waals surface area contributed by atoms with Crippen LogP contribution in [0.3, 0.4) is 0 Å². The molecule has 0 fully saturated rings. The Hall–Kier alpha value is -1.12. The third kappa shape index (κ3) is 2.01. The summed E-state index contributed by atoms with van der Waals surface area (Å²) in [5.74, 6) is -2.83. The van der Waals surface area contributed by atoms with Crippen LogP contribution in [0, 0.1) is 5.92 Å². The number of hydrogen-bond donors (Lipinski definition) is 0. The van der Waals surface area contributed by atoms with Crippen molar-refractivity contribution in [2.45, 2.75) is 13.3 Å². The first-order valence-corrected chi connectivity index (χ1v) is 3.00. The summed E-state index contributed by atoms with van der Waals surface area (Å²) in [5.41, 5.74) is 0. The van der Waals surface area contributed by atoms with Gasteiger partial charge in [-0.2, -0.15) is 0 Å². The average molecular weight is 141 g/mol. The number of allylic oxidation sites excluding steroid dienone is 1. The zero-order valence-corrected chi connectivity index (χ0v) is 5.79. The van der Waals surface area contributed by atoms with Gasteiger partial charge >= 0.3 is 0 Å². The number of carbonyl (C=O) groups excluding carboxylic acids is 2. The van der Waals surface area contributed by atoms with Gasteiger partial charge in [0, 0.05) is 0 Å². The Morgan fingerprint density at radius 2 is 2.20 bits per heavy atom. The van der Waals surface area contributed by atoms with Gasteiger partial charge in [-0.3, -0.25) is 4.79 Å². The molecule has 0 N–H and O–H groups in total. The summed E-state index contributed by atoms with van der Waals surface area (Å²) < 4.78 is 0. The first-order chi connectivity index (χ1) is 4.63. The van der Waals surface area contributed by atoms with Gasteiger partial charge in [0.15, 0.2) is 5.78 Å². The standard InChI is InChI=1S/C7H10O3/c1-3-5(7(9)10)6(8)4-2/h4-5H,2-3H2,1H3,(H,9,10)/p-1. The van der Waals surface area contributed by atoms with Crippen LogP contribution in [0.25, 0.3) is 0 Å². The third-order valence-corrected chi connectivity index (χ3v) is 1.24. The maximum atomic E-state index is 10.6. The van der Waals surface area contributed by atoms with Crippen LogP contribution in [0.5, 0.6) is 0 Å².